The molecule has 5 heteroatoms. The summed E-state index contributed by atoms with van der Waals surface area (Å²) in [6.07, 6.45) is 2.41. The maximum atomic E-state index is 6.01. The minimum absolute atomic E-state index is 0.453. The van der Waals surface area contributed by atoms with Gasteiger partial charge in [0.1, 0.15) is 0 Å². The second-order valence-corrected chi connectivity index (χ2v) is 5.17. The number of anilines is 2. The first-order valence-corrected chi connectivity index (χ1v) is 6.70. The van der Waals surface area contributed by atoms with E-state index in [0.717, 1.165) is 30.3 Å². The van der Waals surface area contributed by atoms with Crippen molar-refractivity contribution in [3.05, 3.63) is 29.3 Å². The highest BCUT2D eigenvalue weighted by atomic mass is 15.5. The summed E-state index contributed by atoms with van der Waals surface area (Å²) in [6, 6.07) is 6.24. The number of nitrogen functional groups attached to an aromatic ring is 1. The Morgan fingerprint density at radius 2 is 1.89 bits per heavy atom. The molecular weight excluding hydrogens is 238 g/mol. The Bertz CT molecular complexity index is 596. The minimum atomic E-state index is 0.453. The SMILES string of the molecule is Cc1ccc(-n2nc(N3CCCC3)nc2N)c(C)c1. The molecule has 5 nitrogen and oxygen atoms in total. The van der Waals surface area contributed by atoms with Crippen LogP contribution in [0.2, 0.25) is 0 Å². The molecule has 1 aromatic carbocycles. The van der Waals surface area contributed by atoms with Crippen molar-refractivity contribution in [1.29, 1.82) is 0 Å². The first-order valence-electron chi connectivity index (χ1n) is 6.70. The molecule has 0 aliphatic carbocycles. The molecule has 19 heavy (non-hydrogen) atoms. The summed E-state index contributed by atoms with van der Waals surface area (Å²) in [6.45, 7) is 6.20. The number of aryl methyl sites for hydroxylation is 2. The summed E-state index contributed by atoms with van der Waals surface area (Å²) in [5.74, 6) is 1.20. The van der Waals surface area contributed by atoms with Crippen LogP contribution in [0.1, 0.15) is 24.0 Å². The monoisotopic (exact) mass is 257 g/mol. The highest BCUT2D eigenvalue weighted by molar-refractivity contribution is 5.48. The minimum Gasteiger partial charge on any atom is -0.368 e. The first kappa shape index (κ1) is 12.0. The second kappa shape index (κ2) is 4.57. The van der Waals surface area contributed by atoms with Crippen LogP contribution in [0.15, 0.2) is 18.2 Å². The number of aromatic nitrogens is 3. The third-order valence-corrected chi connectivity index (χ3v) is 3.59. The van der Waals surface area contributed by atoms with Crippen LogP contribution in [-0.2, 0) is 0 Å². The van der Waals surface area contributed by atoms with Crippen molar-refractivity contribution in [2.45, 2.75) is 26.7 Å². The summed E-state index contributed by atoms with van der Waals surface area (Å²) >= 11 is 0. The van der Waals surface area contributed by atoms with Crippen LogP contribution in [0.5, 0.6) is 0 Å². The molecule has 1 saturated heterocycles. The van der Waals surface area contributed by atoms with Crippen molar-refractivity contribution in [2.24, 2.45) is 0 Å². The lowest BCUT2D eigenvalue weighted by Crippen LogP contribution is -2.19. The van der Waals surface area contributed by atoms with Crippen molar-refractivity contribution >= 4 is 11.9 Å². The molecule has 1 aromatic heterocycles. The lowest BCUT2D eigenvalue weighted by atomic mass is 10.1. The average Bonchev–Trinajstić information content (AvgIpc) is 2.98. The van der Waals surface area contributed by atoms with Crippen molar-refractivity contribution in [1.82, 2.24) is 14.8 Å². The van der Waals surface area contributed by atoms with E-state index in [1.54, 1.807) is 4.68 Å². The third-order valence-electron chi connectivity index (χ3n) is 3.59. The standard InChI is InChI=1S/C14H19N5/c1-10-5-6-12(11(2)9-10)19-13(15)16-14(17-19)18-7-3-4-8-18/h5-6,9H,3-4,7-8H2,1-2H3,(H2,15,16,17). The summed E-state index contributed by atoms with van der Waals surface area (Å²) in [4.78, 5) is 6.58. The number of hydrogen-bond acceptors (Lipinski definition) is 4. The number of benzene rings is 1. The van der Waals surface area contributed by atoms with E-state index in [9.17, 15) is 0 Å². The van der Waals surface area contributed by atoms with Crippen molar-refractivity contribution in [2.75, 3.05) is 23.7 Å². The third kappa shape index (κ3) is 2.16. The summed E-state index contributed by atoms with van der Waals surface area (Å²) in [7, 11) is 0. The van der Waals surface area contributed by atoms with Gasteiger partial charge in [-0.3, -0.25) is 0 Å². The fourth-order valence-electron chi connectivity index (χ4n) is 2.58. The number of hydrogen-bond donors (Lipinski definition) is 1. The predicted octanol–water partition coefficient (Wildman–Crippen LogP) is 2.07. The number of nitrogens with zero attached hydrogens (tertiary/aromatic N) is 4. The molecule has 0 spiro atoms. The van der Waals surface area contributed by atoms with Crippen LogP contribution in [0.25, 0.3) is 5.69 Å². The molecule has 1 fully saturated rings. The van der Waals surface area contributed by atoms with Crippen LogP contribution in [-0.4, -0.2) is 27.9 Å². The molecule has 0 unspecified atom stereocenters. The zero-order valence-corrected chi connectivity index (χ0v) is 11.4. The summed E-state index contributed by atoms with van der Waals surface area (Å²) < 4.78 is 1.74. The Hall–Kier alpha value is -2.04. The molecule has 0 radical (unpaired) electrons. The summed E-state index contributed by atoms with van der Waals surface area (Å²) in [5, 5.41) is 4.56. The molecular formula is C14H19N5. The zero-order chi connectivity index (χ0) is 13.4. The lowest BCUT2D eigenvalue weighted by Gasteiger charge is -2.11. The second-order valence-electron chi connectivity index (χ2n) is 5.17. The number of rotatable bonds is 2. The predicted molar refractivity (Wildman–Crippen MR) is 76.7 cm³/mol. The van der Waals surface area contributed by atoms with Gasteiger partial charge in [-0.2, -0.15) is 9.67 Å². The van der Waals surface area contributed by atoms with Gasteiger partial charge in [-0.1, -0.05) is 17.7 Å². The van der Waals surface area contributed by atoms with E-state index in [2.05, 4.69) is 41.0 Å². The smallest absolute Gasteiger partial charge is 0.246 e. The Labute approximate surface area is 113 Å². The molecule has 0 saturated carbocycles. The fourth-order valence-corrected chi connectivity index (χ4v) is 2.58. The van der Waals surface area contributed by atoms with Gasteiger partial charge in [0.2, 0.25) is 11.9 Å². The normalized spacial score (nSPS) is 15.2. The maximum absolute atomic E-state index is 6.01. The van der Waals surface area contributed by atoms with Crippen LogP contribution in [0.4, 0.5) is 11.9 Å². The largest absolute Gasteiger partial charge is 0.368 e. The molecule has 100 valence electrons. The van der Waals surface area contributed by atoms with Gasteiger partial charge in [-0.05, 0) is 38.3 Å². The highest BCUT2D eigenvalue weighted by Gasteiger charge is 2.19. The van der Waals surface area contributed by atoms with Gasteiger partial charge in [0.05, 0.1) is 5.69 Å². The molecule has 0 atom stereocenters. The van der Waals surface area contributed by atoms with Crippen molar-refractivity contribution in [3.63, 3.8) is 0 Å². The average molecular weight is 257 g/mol. The van der Waals surface area contributed by atoms with E-state index in [4.69, 9.17) is 5.73 Å². The Balaban J connectivity index is 2.00. The van der Waals surface area contributed by atoms with E-state index in [1.165, 1.54) is 18.4 Å². The van der Waals surface area contributed by atoms with Gasteiger partial charge >= 0.3 is 0 Å². The molecule has 0 amide bonds. The van der Waals surface area contributed by atoms with E-state index in [1.807, 2.05) is 6.07 Å². The van der Waals surface area contributed by atoms with Gasteiger partial charge in [0.25, 0.3) is 0 Å². The van der Waals surface area contributed by atoms with Crippen molar-refractivity contribution < 1.29 is 0 Å². The van der Waals surface area contributed by atoms with Crippen LogP contribution >= 0.6 is 0 Å². The molecule has 3 rings (SSSR count). The van der Waals surface area contributed by atoms with Gasteiger partial charge in [0.15, 0.2) is 0 Å². The van der Waals surface area contributed by atoms with Crippen LogP contribution in [0.3, 0.4) is 0 Å². The Morgan fingerprint density at radius 3 is 2.58 bits per heavy atom. The maximum Gasteiger partial charge on any atom is 0.246 e. The molecule has 2 heterocycles. The topological polar surface area (TPSA) is 60.0 Å². The van der Waals surface area contributed by atoms with Crippen molar-refractivity contribution in [3.8, 4) is 5.69 Å². The Kier molecular flexibility index (Phi) is 2.89. The van der Waals surface area contributed by atoms with Crippen LogP contribution < -0.4 is 10.6 Å². The van der Waals surface area contributed by atoms with Gasteiger partial charge in [-0.25, -0.2) is 0 Å². The van der Waals surface area contributed by atoms with Gasteiger partial charge in [-0.15, -0.1) is 5.10 Å². The molecule has 0 bridgehead atoms. The van der Waals surface area contributed by atoms with E-state index < -0.39 is 0 Å². The molecule has 1 aliphatic rings. The zero-order valence-electron chi connectivity index (χ0n) is 11.4. The summed E-state index contributed by atoms with van der Waals surface area (Å²) in [5.41, 5.74) is 9.40. The number of nitrogens with two attached hydrogens (primary N) is 1. The quantitative estimate of drug-likeness (QED) is 0.894. The Morgan fingerprint density at radius 1 is 1.16 bits per heavy atom. The highest BCUT2D eigenvalue weighted by Crippen LogP contribution is 2.22. The van der Waals surface area contributed by atoms with E-state index in [-0.39, 0.29) is 0 Å². The fraction of sp³-hybridized carbons (Fsp3) is 0.429. The van der Waals surface area contributed by atoms with E-state index >= 15 is 0 Å². The molecule has 2 N–H and O–H groups in total. The van der Waals surface area contributed by atoms with E-state index in [0.29, 0.717) is 5.95 Å². The lowest BCUT2D eigenvalue weighted by molar-refractivity contribution is 0.843. The van der Waals surface area contributed by atoms with Crippen LogP contribution in [0, 0.1) is 13.8 Å². The first-order chi connectivity index (χ1) is 9.15. The van der Waals surface area contributed by atoms with Gasteiger partial charge in [0, 0.05) is 13.1 Å². The molecule has 1 aliphatic heterocycles. The van der Waals surface area contributed by atoms with Gasteiger partial charge < -0.3 is 10.6 Å². The molecule has 2 aromatic rings.